The van der Waals surface area contributed by atoms with Gasteiger partial charge in [-0.3, -0.25) is 9.59 Å². The molecule has 0 aliphatic heterocycles. The van der Waals surface area contributed by atoms with Crippen molar-refractivity contribution in [2.75, 3.05) is 14.1 Å². The monoisotopic (exact) mass is 502 g/mol. The lowest BCUT2D eigenvalue weighted by molar-refractivity contribution is -0.0543. The molecular formula is C19H18F4N6O4S. The van der Waals surface area contributed by atoms with Crippen molar-refractivity contribution in [2.24, 2.45) is 0 Å². The van der Waals surface area contributed by atoms with Crippen LogP contribution in [0.3, 0.4) is 0 Å². The van der Waals surface area contributed by atoms with Crippen LogP contribution in [0.15, 0.2) is 30.7 Å². The molecule has 0 saturated heterocycles. The summed E-state index contributed by atoms with van der Waals surface area (Å²) in [7, 11) is 3.19. The van der Waals surface area contributed by atoms with Gasteiger partial charge in [-0.2, -0.15) is 27.3 Å². The number of carbonyl (C=O) groups excluding carboxylic acids is 2. The molecule has 34 heavy (non-hydrogen) atoms. The smallest absolute Gasteiger partial charge is 0.387 e. The SMILES string of the molecule is C[C@H](NC(=O)c1cc(OC(F)F)cc(OC(F)F)c1)c1ncnn1-c1ncc(C(=O)N(C)C)s1. The van der Waals surface area contributed by atoms with Crippen LogP contribution in [0.1, 0.15) is 38.8 Å². The average molecular weight is 502 g/mol. The Balaban J connectivity index is 1.82. The molecule has 0 aliphatic carbocycles. The molecule has 3 aromatic rings. The van der Waals surface area contributed by atoms with Crippen LogP contribution >= 0.6 is 11.3 Å². The molecule has 3 rings (SSSR count). The molecule has 0 unspecified atom stereocenters. The lowest BCUT2D eigenvalue weighted by Crippen LogP contribution is -2.28. The summed E-state index contributed by atoms with van der Waals surface area (Å²) >= 11 is 1.06. The van der Waals surface area contributed by atoms with Gasteiger partial charge in [-0.25, -0.2) is 9.97 Å². The largest absolute Gasteiger partial charge is 0.435 e. The zero-order valence-electron chi connectivity index (χ0n) is 17.9. The van der Waals surface area contributed by atoms with Gasteiger partial charge >= 0.3 is 13.2 Å². The Kier molecular flexibility index (Phi) is 7.65. The topological polar surface area (TPSA) is 111 Å². The minimum Gasteiger partial charge on any atom is -0.435 e. The van der Waals surface area contributed by atoms with Crippen LogP contribution in [0.2, 0.25) is 0 Å². The Morgan fingerprint density at radius 1 is 1.06 bits per heavy atom. The number of hydrogen-bond donors (Lipinski definition) is 1. The number of nitrogens with zero attached hydrogens (tertiary/aromatic N) is 5. The van der Waals surface area contributed by atoms with Gasteiger partial charge in [0.2, 0.25) is 5.13 Å². The van der Waals surface area contributed by atoms with Crippen LogP contribution in [0.4, 0.5) is 17.6 Å². The minimum atomic E-state index is -3.24. The van der Waals surface area contributed by atoms with Crippen LogP contribution in [0, 0.1) is 0 Å². The summed E-state index contributed by atoms with van der Waals surface area (Å²) in [5, 5.41) is 6.96. The highest BCUT2D eigenvalue weighted by atomic mass is 32.1. The number of carbonyl (C=O) groups is 2. The highest BCUT2D eigenvalue weighted by Crippen LogP contribution is 2.27. The van der Waals surface area contributed by atoms with Crippen molar-refractivity contribution in [1.29, 1.82) is 0 Å². The highest BCUT2D eigenvalue weighted by Gasteiger charge is 2.22. The predicted molar refractivity (Wildman–Crippen MR) is 111 cm³/mol. The van der Waals surface area contributed by atoms with E-state index in [-0.39, 0.29) is 17.3 Å². The fraction of sp³-hybridized carbons (Fsp3) is 0.316. The number of thiazole rings is 1. The standard InChI is InChI=1S/C19H18F4N6O4S/c1-9(14-25-8-26-29(14)19-24-7-13(34-19)16(31)28(2)3)27-15(30)10-4-11(32-17(20)21)6-12(5-10)33-18(22)23/h4-9,17-18H,1-3H3,(H,27,30)/t9-/m0/s1. The van der Waals surface area contributed by atoms with Crippen molar-refractivity contribution in [3.05, 3.63) is 47.0 Å². The first-order valence-corrected chi connectivity index (χ1v) is 10.3. The van der Waals surface area contributed by atoms with Crippen molar-refractivity contribution in [1.82, 2.24) is 30.0 Å². The third-order valence-corrected chi connectivity index (χ3v) is 5.15. The lowest BCUT2D eigenvalue weighted by Gasteiger charge is -2.15. The second kappa shape index (κ2) is 10.5. The summed E-state index contributed by atoms with van der Waals surface area (Å²) in [4.78, 5) is 34.9. The van der Waals surface area contributed by atoms with Crippen LogP contribution < -0.4 is 14.8 Å². The van der Waals surface area contributed by atoms with Crippen molar-refractivity contribution < 1.29 is 36.6 Å². The van der Waals surface area contributed by atoms with Gasteiger partial charge in [-0.15, -0.1) is 0 Å². The number of aromatic nitrogens is 4. The maximum atomic E-state index is 12.7. The van der Waals surface area contributed by atoms with Crippen molar-refractivity contribution in [3.8, 4) is 16.6 Å². The number of amides is 2. The second-order valence-corrected chi connectivity index (χ2v) is 7.89. The van der Waals surface area contributed by atoms with Gasteiger partial charge in [0.25, 0.3) is 11.8 Å². The molecule has 10 nitrogen and oxygen atoms in total. The van der Waals surface area contributed by atoms with Gasteiger partial charge < -0.3 is 19.7 Å². The lowest BCUT2D eigenvalue weighted by atomic mass is 10.1. The van der Waals surface area contributed by atoms with Crippen LogP contribution in [0.5, 0.6) is 11.5 Å². The van der Waals surface area contributed by atoms with Crippen LogP contribution in [-0.2, 0) is 0 Å². The number of rotatable bonds is 9. The van der Waals surface area contributed by atoms with Gasteiger partial charge in [0, 0.05) is 25.7 Å². The van der Waals surface area contributed by atoms with Gasteiger partial charge in [-0.05, 0) is 19.1 Å². The van der Waals surface area contributed by atoms with E-state index >= 15 is 0 Å². The molecule has 182 valence electrons. The summed E-state index contributed by atoms with van der Waals surface area (Å²) < 4.78 is 60.1. The maximum absolute atomic E-state index is 12.7. The molecule has 15 heteroatoms. The number of benzene rings is 1. The normalized spacial score (nSPS) is 12.0. The maximum Gasteiger partial charge on any atom is 0.387 e. The van der Waals surface area contributed by atoms with Gasteiger partial charge in [-0.1, -0.05) is 11.3 Å². The van der Waals surface area contributed by atoms with Crippen molar-refractivity contribution in [2.45, 2.75) is 26.2 Å². The fourth-order valence-corrected chi connectivity index (χ4v) is 3.67. The van der Waals surface area contributed by atoms with E-state index < -0.39 is 36.7 Å². The molecule has 0 bridgehead atoms. The van der Waals surface area contributed by atoms with E-state index in [9.17, 15) is 27.2 Å². The molecule has 2 heterocycles. The first-order valence-electron chi connectivity index (χ1n) is 9.48. The van der Waals surface area contributed by atoms with E-state index in [1.165, 1.54) is 22.1 Å². The van der Waals surface area contributed by atoms with E-state index in [1.807, 2.05) is 0 Å². The van der Waals surface area contributed by atoms with Crippen molar-refractivity contribution in [3.63, 3.8) is 0 Å². The number of halogens is 4. The molecule has 0 saturated carbocycles. The predicted octanol–water partition coefficient (Wildman–Crippen LogP) is 3.12. The molecule has 0 aliphatic rings. The summed E-state index contributed by atoms with van der Waals surface area (Å²) in [5.41, 5.74) is -0.264. The molecular weight excluding hydrogens is 484 g/mol. The van der Waals surface area contributed by atoms with Gasteiger partial charge in [0.1, 0.15) is 22.7 Å². The molecule has 0 fully saturated rings. The average Bonchev–Trinajstić information content (AvgIpc) is 3.41. The Morgan fingerprint density at radius 2 is 1.68 bits per heavy atom. The number of nitrogens with one attached hydrogen (secondary N) is 1. The fourth-order valence-electron chi connectivity index (χ4n) is 2.76. The van der Waals surface area contributed by atoms with E-state index in [2.05, 4.69) is 29.9 Å². The zero-order valence-corrected chi connectivity index (χ0v) is 18.7. The third-order valence-electron chi connectivity index (χ3n) is 4.19. The third kappa shape index (κ3) is 5.98. The van der Waals surface area contributed by atoms with Crippen molar-refractivity contribution >= 4 is 23.2 Å². The first-order chi connectivity index (χ1) is 16.0. The van der Waals surface area contributed by atoms with E-state index in [0.29, 0.717) is 10.0 Å². The second-order valence-electron chi connectivity index (χ2n) is 6.88. The van der Waals surface area contributed by atoms with E-state index in [0.717, 1.165) is 29.5 Å². The molecule has 2 aromatic heterocycles. The Bertz CT molecular complexity index is 1140. The van der Waals surface area contributed by atoms with Crippen LogP contribution in [-0.4, -0.2) is 63.8 Å². The molecule has 0 radical (unpaired) electrons. The number of ether oxygens (including phenoxy) is 2. The van der Waals surface area contributed by atoms with Gasteiger partial charge in [0.15, 0.2) is 5.82 Å². The summed E-state index contributed by atoms with van der Waals surface area (Å²) in [6.07, 6.45) is 2.61. The zero-order chi connectivity index (χ0) is 25.0. The summed E-state index contributed by atoms with van der Waals surface area (Å²) in [6.45, 7) is -4.91. The number of hydrogen-bond acceptors (Lipinski definition) is 8. The van der Waals surface area contributed by atoms with E-state index in [1.54, 1.807) is 21.0 Å². The molecule has 0 spiro atoms. The molecule has 2 amide bonds. The quantitative estimate of drug-likeness (QED) is 0.448. The molecule has 1 atom stereocenters. The van der Waals surface area contributed by atoms with E-state index in [4.69, 9.17) is 0 Å². The summed E-state index contributed by atoms with van der Waals surface area (Å²) in [6, 6.07) is 1.93. The summed E-state index contributed by atoms with van der Waals surface area (Å²) in [5.74, 6) is -1.87. The van der Waals surface area contributed by atoms with Gasteiger partial charge in [0.05, 0.1) is 12.2 Å². The molecule has 1 N–H and O–H groups in total. The molecule has 1 aromatic carbocycles. The Morgan fingerprint density at radius 3 is 2.24 bits per heavy atom. The minimum absolute atomic E-state index is 0.246. The Hall–Kier alpha value is -3.75. The number of alkyl halides is 4. The highest BCUT2D eigenvalue weighted by molar-refractivity contribution is 7.16. The first kappa shape index (κ1) is 24.9. The Labute approximate surface area is 194 Å². The van der Waals surface area contributed by atoms with Crippen LogP contribution in [0.25, 0.3) is 5.13 Å².